The van der Waals surface area contributed by atoms with Crippen molar-refractivity contribution in [3.63, 3.8) is 0 Å². The molecule has 2 amide bonds. The number of nitrogens with zero attached hydrogens (tertiary/aromatic N) is 4. The molecule has 1 aromatic heterocycles. The highest BCUT2D eigenvalue weighted by atomic mass is 16.6. The predicted octanol–water partition coefficient (Wildman–Crippen LogP) is 2.56. The zero-order valence-corrected chi connectivity index (χ0v) is 16.2. The Morgan fingerprint density at radius 3 is 2.36 bits per heavy atom. The van der Waals surface area contributed by atoms with Crippen LogP contribution in [0.3, 0.4) is 0 Å². The van der Waals surface area contributed by atoms with Crippen LogP contribution < -0.4 is 5.32 Å². The van der Waals surface area contributed by atoms with Crippen LogP contribution >= 0.6 is 0 Å². The molecule has 0 aliphatic carbocycles. The second kappa shape index (κ2) is 9.16. The van der Waals surface area contributed by atoms with Crippen molar-refractivity contribution in [3.8, 4) is 0 Å². The van der Waals surface area contributed by atoms with Crippen molar-refractivity contribution in [2.75, 3.05) is 38.1 Å². The molecular weight excluding hydrogens is 358 g/mol. The van der Waals surface area contributed by atoms with Crippen molar-refractivity contribution in [1.82, 2.24) is 19.8 Å². The van der Waals surface area contributed by atoms with Crippen LogP contribution in [0.4, 0.5) is 10.6 Å². The van der Waals surface area contributed by atoms with Gasteiger partial charge in [0.25, 0.3) is 5.91 Å². The summed E-state index contributed by atoms with van der Waals surface area (Å²) in [6.07, 6.45) is 2.72. The fourth-order valence-corrected chi connectivity index (χ4v) is 3.03. The maximum atomic E-state index is 12.6. The number of carbonyl (C=O) groups is 2. The molecule has 2 aromatic rings. The van der Waals surface area contributed by atoms with Crippen LogP contribution in [0.25, 0.3) is 0 Å². The van der Waals surface area contributed by atoms with Gasteiger partial charge >= 0.3 is 6.09 Å². The lowest BCUT2D eigenvalue weighted by Crippen LogP contribution is -2.50. The molecule has 1 aliphatic rings. The van der Waals surface area contributed by atoms with E-state index >= 15 is 0 Å². The topological polar surface area (TPSA) is 87.7 Å². The Hall–Kier alpha value is -3.16. The molecule has 2 heterocycles. The summed E-state index contributed by atoms with van der Waals surface area (Å²) < 4.78 is 4.99. The molecule has 0 spiro atoms. The van der Waals surface area contributed by atoms with Crippen LogP contribution in [0.15, 0.2) is 42.7 Å². The second-order valence-electron chi connectivity index (χ2n) is 6.54. The molecule has 1 aromatic carbocycles. The first-order valence-electron chi connectivity index (χ1n) is 9.43. The Morgan fingerprint density at radius 1 is 1.07 bits per heavy atom. The van der Waals surface area contributed by atoms with Gasteiger partial charge in [-0.25, -0.2) is 14.8 Å². The van der Waals surface area contributed by atoms with Gasteiger partial charge in [-0.2, -0.15) is 0 Å². The van der Waals surface area contributed by atoms with Gasteiger partial charge in [0, 0.05) is 32.2 Å². The fraction of sp³-hybridized carbons (Fsp3) is 0.400. The average Bonchev–Trinajstić information content (AvgIpc) is 2.74. The average molecular weight is 383 g/mol. The number of anilines is 1. The van der Waals surface area contributed by atoms with Crippen molar-refractivity contribution >= 4 is 17.8 Å². The van der Waals surface area contributed by atoms with Crippen LogP contribution in [0.2, 0.25) is 0 Å². The Balaban J connectivity index is 1.55. The Morgan fingerprint density at radius 2 is 1.75 bits per heavy atom. The molecule has 8 nitrogen and oxygen atoms in total. The van der Waals surface area contributed by atoms with E-state index < -0.39 is 0 Å². The van der Waals surface area contributed by atoms with E-state index in [9.17, 15) is 9.59 Å². The first-order valence-corrected chi connectivity index (χ1v) is 9.43. The number of benzene rings is 1. The van der Waals surface area contributed by atoms with E-state index in [-0.39, 0.29) is 18.0 Å². The number of hydrogen-bond donors (Lipinski definition) is 1. The molecule has 0 saturated carbocycles. The van der Waals surface area contributed by atoms with E-state index in [1.807, 2.05) is 37.3 Å². The monoisotopic (exact) mass is 383 g/mol. The summed E-state index contributed by atoms with van der Waals surface area (Å²) in [5.41, 5.74) is 1.44. The van der Waals surface area contributed by atoms with Crippen LogP contribution in [-0.2, 0) is 4.74 Å². The standard InChI is InChI=1S/C20H25N5O3/c1-3-28-20(27)25-11-9-24(10-12-25)19(26)17-13-22-18(14-21-17)23-15(2)16-7-5-4-6-8-16/h4-8,13-15H,3,9-12H2,1-2H3,(H,22,23). The summed E-state index contributed by atoms with van der Waals surface area (Å²) in [5.74, 6) is 0.429. The van der Waals surface area contributed by atoms with E-state index in [1.165, 1.54) is 6.20 Å². The van der Waals surface area contributed by atoms with Crippen molar-refractivity contribution in [2.45, 2.75) is 19.9 Å². The summed E-state index contributed by atoms with van der Waals surface area (Å²) in [6.45, 7) is 5.96. The quantitative estimate of drug-likeness (QED) is 0.854. The Bertz CT molecular complexity index is 789. The molecule has 1 N–H and O–H groups in total. The van der Waals surface area contributed by atoms with Crippen LogP contribution in [0.1, 0.15) is 35.9 Å². The maximum absolute atomic E-state index is 12.6. The third-order valence-corrected chi connectivity index (χ3v) is 4.63. The minimum Gasteiger partial charge on any atom is -0.450 e. The molecule has 148 valence electrons. The van der Waals surface area contributed by atoms with Gasteiger partial charge in [-0.15, -0.1) is 0 Å². The second-order valence-corrected chi connectivity index (χ2v) is 6.54. The van der Waals surface area contributed by atoms with Crippen LogP contribution in [0.5, 0.6) is 0 Å². The number of piperazine rings is 1. The molecule has 1 atom stereocenters. The molecule has 1 saturated heterocycles. The van der Waals surface area contributed by atoms with Crippen LogP contribution in [-0.4, -0.2) is 64.6 Å². The van der Waals surface area contributed by atoms with Crippen LogP contribution in [0, 0.1) is 0 Å². The first kappa shape index (κ1) is 19.6. The molecule has 0 radical (unpaired) electrons. The highest BCUT2D eigenvalue weighted by molar-refractivity contribution is 5.92. The van der Waals surface area contributed by atoms with Gasteiger partial charge in [0.05, 0.1) is 19.0 Å². The lowest BCUT2D eigenvalue weighted by molar-refractivity contribution is 0.0565. The van der Waals surface area contributed by atoms with Gasteiger partial charge in [-0.3, -0.25) is 4.79 Å². The smallest absolute Gasteiger partial charge is 0.409 e. The van der Waals surface area contributed by atoms with Gasteiger partial charge in [0.15, 0.2) is 0 Å². The van der Waals surface area contributed by atoms with Gasteiger partial charge in [0.1, 0.15) is 11.5 Å². The highest BCUT2D eigenvalue weighted by Gasteiger charge is 2.26. The number of amides is 2. The fourth-order valence-electron chi connectivity index (χ4n) is 3.03. The van der Waals surface area contributed by atoms with E-state index in [0.717, 1.165) is 5.56 Å². The van der Waals surface area contributed by atoms with Gasteiger partial charge in [-0.05, 0) is 19.4 Å². The zero-order valence-electron chi connectivity index (χ0n) is 16.2. The largest absolute Gasteiger partial charge is 0.450 e. The first-order chi connectivity index (χ1) is 13.6. The molecule has 8 heteroatoms. The van der Waals surface area contributed by atoms with Crippen molar-refractivity contribution in [2.24, 2.45) is 0 Å². The summed E-state index contributed by atoms with van der Waals surface area (Å²) >= 11 is 0. The molecular formula is C20H25N5O3. The summed E-state index contributed by atoms with van der Waals surface area (Å²) in [7, 11) is 0. The maximum Gasteiger partial charge on any atom is 0.409 e. The van der Waals surface area contributed by atoms with Gasteiger partial charge in [-0.1, -0.05) is 30.3 Å². The minimum atomic E-state index is -0.336. The zero-order chi connectivity index (χ0) is 19.9. The predicted molar refractivity (Wildman–Crippen MR) is 105 cm³/mol. The van der Waals surface area contributed by atoms with Crippen molar-refractivity contribution in [1.29, 1.82) is 0 Å². The lowest BCUT2D eigenvalue weighted by atomic mass is 10.1. The number of hydrogen-bond acceptors (Lipinski definition) is 6. The van der Waals surface area contributed by atoms with Gasteiger partial charge in [0.2, 0.25) is 0 Å². The number of nitrogens with one attached hydrogen (secondary N) is 1. The molecule has 1 aliphatic heterocycles. The number of ether oxygens (including phenoxy) is 1. The summed E-state index contributed by atoms with van der Waals surface area (Å²) in [5, 5.41) is 3.28. The normalized spacial score (nSPS) is 15.1. The van der Waals surface area contributed by atoms with Crippen molar-refractivity contribution in [3.05, 3.63) is 54.0 Å². The lowest BCUT2D eigenvalue weighted by Gasteiger charge is -2.33. The molecule has 1 unspecified atom stereocenters. The number of rotatable bonds is 5. The Kier molecular flexibility index (Phi) is 6.41. The SMILES string of the molecule is CCOC(=O)N1CCN(C(=O)c2cnc(NC(C)c3ccccc3)cn2)CC1. The van der Waals surface area contributed by atoms with Crippen molar-refractivity contribution < 1.29 is 14.3 Å². The van der Waals surface area contributed by atoms with E-state index in [0.29, 0.717) is 44.3 Å². The highest BCUT2D eigenvalue weighted by Crippen LogP contribution is 2.17. The Labute approximate surface area is 164 Å². The summed E-state index contributed by atoms with van der Waals surface area (Å²) in [6, 6.07) is 10.1. The molecule has 3 rings (SSSR count). The van der Waals surface area contributed by atoms with E-state index in [2.05, 4.69) is 15.3 Å². The molecule has 0 bridgehead atoms. The molecule has 1 fully saturated rings. The van der Waals surface area contributed by atoms with Gasteiger partial charge < -0.3 is 19.9 Å². The van der Waals surface area contributed by atoms with E-state index in [4.69, 9.17) is 4.74 Å². The molecule has 28 heavy (non-hydrogen) atoms. The number of aromatic nitrogens is 2. The number of carbonyl (C=O) groups excluding carboxylic acids is 2. The third-order valence-electron chi connectivity index (χ3n) is 4.63. The summed E-state index contributed by atoms with van der Waals surface area (Å²) in [4.78, 5) is 36.2. The van der Waals surface area contributed by atoms with E-state index in [1.54, 1.807) is 22.9 Å². The third kappa shape index (κ3) is 4.76. The minimum absolute atomic E-state index is 0.0769.